The zero-order chi connectivity index (χ0) is 18.9. The highest BCUT2D eigenvalue weighted by atomic mass is 35.5. The lowest BCUT2D eigenvalue weighted by Crippen LogP contribution is -2.48. The Morgan fingerprint density at radius 1 is 1.42 bits per heavy atom. The molecule has 0 radical (unpaired) electrons. The normalized spacial score (nSPS) is 16.5. The number of fused-ring (bicyclic) bond motifs is 1. The summed E-state index contributed by atoms with van der Waals surface area (Å²) in [7, 11) is -4.02. The molecule has 3 rings (SSSR count). The summed E-state index contributed by atoms with van der Waals surface area (Å²) < 4.78 is 43.9. The predicted molar refractivity (Wildman–Crippen MR) is 98.9 cm³/mol. The summed E-state index contributed by atoms with van der Waals surface area (Å²) >= 11 is 12.4. The fraction of sp³-hybridized carbons (Fsp3) is 0.571. The molecule has 3 heterocycles. The predicted octanol–water partition coefficient (Wildman–Crippen LogP) is 2.02. The minimum atomic E-state index is -4.02. The number of anilines is 1. The third kappa shape index (κ3) is 3.61. The maximum absolute atomic E-state index is 13.0. The number of piperidine rings is 1. The molecule has 2 aromatic rings. The lowest BCUT2D eigenvalue weighted by molar-refractivity contribution is 0.246. The van der Waals surface area contributed by atoms with Crippen molar-refractivity contribution in [2.45, 2.75) is 25.8 Å². The topological polar surface area (TPSA) is 91.6 Å². The second kappa shape index (κ2) is 7.81. The van der Waals surface area contributed by atoms with Crippen LogP contribution in [0.1, 0.15) is 18.4 Å². The lowest BCUT2D eigenvalue weighted by atomic mass is 10.1. The smallest absolute Gasteiger partial charge is 0.302 e. The van der Waals surface area contributed by atoms with Gasteiger partial charge in [0, 0.05) is 18.2 Å². The summed E-state index contributed by atoms with van der Waals surface area (Å²) in [6, 6.07) is -0.274. The molecule has 1 fully saturated rings. The van der Waals surface area contributed by atoms with E-state index in [-0.39, 0.29) is 28.6 Å². The summed E-state index contributed by atoms with van der Waals surface area (Å²) in [6.07, 6.45) is 2.45. The molecule has 26 heavy (non-hydrogen) atoms. The second-order valence-corrected chi connectivity index (χ2v) is 8.33. The standard InChI is InChI=1S/C14H19Cl2FN6O2S/c1-9-11(14(16)23-12(9)13(15)19-8-20-23)21-26(24,25)22(7-4-17)10-2-5-18-6-3-10/h8,10,18,21H,2-7H2,1H3. The van der Waals surface area contributed by atoms with Crippen LogP contribution >= 0.6 is 23.2 Å². The molecule has 1 aliphatic rings. The molecule has 0 saturated carbocycles. The van der Waals surface area contributed by atoms with Crippen LogP contribution in [0.15, 0.2) is 6.33 Å². The molecule has 0 aromatic carbocycles. The van der Waals surface area contributed by atoms with Crippen molar-refractivity contribution in [1.29, 1.82) is 0 Å². The number of alkyl halides is 1. The summed E-state index contributed by atoms with van der Waals surface area (Å²) in [5.41, 5.74) is 1.07. The fourth-order valence-electron chi connectivity index (χ4n) is 3.16. The monoisotopic (exact) mass is 424 g/mol. The van der Waals surface area contributed by atoms with Gasteiger partial charge in [0.15, 0.2) is 10.3 Å². The van der Waals surface area contributed by atoms with Crippen molar-refractivity contribution in [1.82, 2.24) is 24.2 Å². The summed E-state index contributed by atoms with van der Waals surface area (Å²) in [5.74, 6) is 0. The molecule has 12 heteroatoms. The van der Waals surface area contributed by atoms with Crippen molar-refractivity contribution in [2.75, 3.05) is 31.0 Å². The molecule has 0 aliphatic carbocycles. The van der Waals surface area contributed by atoms with E-state index in [1.807, 2.05) is 0 Å². The SMILES string of the molecule is Cc1c(NS(=O)(=O)N(CCF)C2CCNCC2)c(Cl)n2ncnc(Cl)c12. The molecule has 1 saturated heterocycles. The molecule has 144 valence electrons. The average molecular weight is 425 g/mol. The van der Waals surface area contributed by atoms with Crippen molar-refractivity contribution in [3.63, 3.8) is 0 Å². The van der Waals surface area contributed by atoms with Crippen LogP contribution < -0.4 is 10.0 Å². The van der Waals surface area contributed by atoms with Gasteiger partial charge in [-0.1, -0.05) is 23.2 Å². The third-order valence-corrected chi connectivity index (χ3v) is 6.61. The van der Waals surface area contributed by atoms with E-state index in [0.29, 0.717) is 37.0 Å². The van der Waals surface area contributed by atoms with Gasteiger partial charge in [-0.05, 0) is 32.9 Å². The van der Waals surface area contributed by atoms with Gasteiger partial charge in [-0.2, -0.15) is 17.8 Å². The Balaban J connectivity index is 1.98. The van der Waals surface area contributed by atoms with Crippen molar-refractivity contribution in [2.24, 2.45) is 0 Å². The summed E-state index contributed by atoms with van der Waals surface area (Å²) in [4.78, 5) is 3.89. The molecular formula is C14H19Cl2FN6O2S. The van der Waals surface area contributed by atoms with Crippen LogP contribution in [0.4, 0.5) is 10.1 Å². The van der Waals surface area contributed by atoms with E-state index in [9.17, 15) is 12.8 Å². The maximum atomic E-state index is 13.0. The highest BCUT2D eigenvalue weighted by molar-refractivity contribution is 7.90. The second-order valence-electron chi connectivity index (χ2n) is 5.99. The third-order valence-electron chi connectivity index (χ3n) is 4.43. The van der Waals surface area contributed by atoms with Crippen molar-refractivity contribution in [3.8, 4) is 0 Å². The Hall–Kier alpha value is -1.20. The van der Waals surface area contributed by atoms with Gasteiger partial charge >= 0.3 is 10.2 Å². The average Bonchev–Trinajstić information content (AvgIpc) is 2.86. The van der Waals surface area contributed by atoms with Crippen molar-refractivity contribution in [3.05, 3.63) is 22.2 Å². The van der Waals surface area contributed by atoms with Gasteiger partial charge < -0.3 is 5.32 Å². The summed E-state index contributed by atoms with van der Waals surface area (Å²) in [5, 5.41) is 7.38. The van der Waals surface area contributed by atoms with E-state index in [1.165, 1.54) is 15.1 Å². The van der Waals surface area contributed by atoms with Gasteiger partial charge in [0.05, 0.1) is 5.69 Å². The van der Waals surface area contributed by atoms with Crippen LogP contribution in [0.2, 0.25) is 10.3 Å². The highest BCUT2D eigenvalue weighted by Crippen LogP contribution is 2.35. The maximum Gasteiger partial charge on any atom is 0.302 e. The van der Waals surface area contributed by atoms with E-state index in [1.54, 1.807) is 6.92 Å². The van der Waals surface area contributed by atoms with Crippen molar-refractivity contribution < 1.29 is 12.8 Å². The Morgan fingerprint density at radius 2 is 2.12 bits per heavy atom. The van der Waals surface area contributed by atoms with E-state index in [2.05, 4.69) is 20.1 Å². The number of nitrogens with zero attached hydrogens (tertiary/aromatic N) is 4. The molecular weight excluding hydrogens is 406 g/mol. The number of nitrogens with one attached hydrogen (secondary N) is 2. The first kappa shape index (κ1) is 19.6. The van der Waals surface area contributed by atoms with Gasteiger partial charge in [-0.15, -0.1) is 0 Å². The molecule has 0 spiro atoms. The number of aromatic nitrogens is 3. The Kier molecular flexibility index (Phi) is 5.88. The number of hydrogen-bond donors (Lipinski definition) is 2. The Morgan fingerprint density at radius 3 is 2.73 bits per heavy atom. The first-order valence-electron chi connectivity index (χ1n) is 8.10. The molecule has 0 unspecified atom stereocenters. The Labute approximate surface area is 160 Å². The van der Waals surface area contributed by atoms with Gasteiger partial charge in [0.1, 0.15) is 18.5 Å². The quantitative estimate of drug-likeness (QED) is 0.739. The molecule has 0 amide bonds. The molecule has 0 bridgehead atoms. The minimum absolute atomic E-state index is 0.0656. The van der Waals surface area contributed by atoms with Crippen LogP contribution in [0.25, 0.3) is 5.52 Å². The number of rotatable bonds is 6. The first-order chi connectivity index (χ1) is 12.4. The number of aryl methyl sites for hydroxylation is 1. The molecule has 0 atom stereocenters. The zero-order valence-corrected chi connectivity index (χ0v) is 16.4. The van der Waals surface area contributed by atoms with Crippen LogP contribution in [-0.2, 0) is 10.2 Å². The van der Waals surface area contributed by atoms with Gasteiger partial charge in [0.2, 0.25) is 0 Å². The van der Waals surface area contributed by atoms with Gasteiger partial charge in [-0.3, -0.25) is 4.72 Å². The fourth-order valence-corrected chi connectivity index (χ4v) is 5.34. The molecule has 1 aliphatic heterocycles. The first-order valence-corrected chi connectivity index (χ1v) is 10.3. The lowest BCUT2D eigenvalue weighted by Gasteiger charge is -2.33. The summed E-state index contributed by atoms with van der Waals surface area (Å²) in [6.45, 7) is 2.05. The van der Waals surface area contributed by atoms with Crippen molar-refractivity contribution >= 4 is 44.6 Å². The largest absolute Gasteiger partial charge is 0.317 e. The molecule has 8 nitrogen and oxygen atoms in total. The van der Waals surface area contributed by atoms with Crippen LogP contribution in [0.3, 0.4) is 0 Å². The molecule has 2 aromatic heterocycles. The minimum Gasteiger partial charge on any atom is -0.317 e. The van der Waals surface area contributed by atoms with Crippen LogP contribution in [-0.4, -0.2) is 59.7 Å². The van der Waals surface area contributed by atoms with E-state index < -0.39 is 16.9 Å². The zero-order valence-electron chi connectivity index (χ0n) is 14.0. The van der Waals surface area contributed by atoms with E-state index >= 15 is 0 Å². The Bertz CT molecular complexity index is 900. The number of halogens is 3. The van der Waals surface area contributed by atoms with Gasteiger partial charge in [-0.25, -0.2) is 13.9 Å². The van der Waals surface area contributed by atoms with Crippen LogP contribution in [0, 0.1) is 6.92 Å². The number of hydrogen-bond acceptors (Lipinski definition) is 5. The van der Waals surface area contributed by atoms with E-state index in [4.69, 9.17) is 23.2 Å². The highest BCUT2D eigenvalue weighted by Gasteiger charge is 2.32. The molecule has 2 N–H and O–H groups in total. The van der Waals surface area contributed by atoms with E-state index in [0.717, 1.165) is 0 Å². The van der Waals surface area contributed by atoms with Crippen LogP contribution in [0.5, 0.6) is 0 Å². The van der Waals surface area contributed by atoms with Gasteiger partial charge in [0.25, 0.3) is 0 Å².